The molecule has 0 bridgehead atoms. The maximum absolute atomic E-state index is 13.4. The fraction of sp³-hybridized carbons (Fsp3) is 0.333. The van der Waals surface area contributed by atoms with E-state index in [1.807, 2.05) is 18.2 Å². The highest BCUT2D eigenvalue weighted by Crippen LogP contribution is 2.30. The van der Waals surface area contributed by atoms with E-state index in [2.05, 4.69) is 20.0 Å². The fourth-order valence-corrected chi connectivity index (χ4v) is 4.73. The van der Waals surface area contributed by atoms with Crippen LogP contribution < -0.4 is 14.8 Å². The van der Waals surface area contributed by atoms with E-state index in [1.165, 1.54) is 24.7 Å². The molecule has 1 saturated carbocycles. The van der Waals surface area contributed by atoms with Gasteiger partial charge in [-0.25, -0.2) is 27.5 Å². The van der Waals surface area contributed by atoms with Gasteiger partial charge in [-0.05, 0) is 62.1 Å². The number of nitrogens with zero attached hydrogens (tertiary/aromatic N) is 2. The van der Waals surface area contributed by atoms with Crippen molar-refractivity contribution >= 4 is 44.0 Å². The quantitative estimate of drug-likeness (QED) is 0.561. The Balaban J connectivity index is 1.49. The molecule has 2 N–H and O–H groups in total. The lowest BCUT2D eigenvalue weighted by molar-refractivity contribution is 0.144. The van der Waals surface area contributed by atoms with Crippen molar-refractivity contribution in [3.63, 3.8) is 0 Å². The second-order valence-electron chi connectivity index (χ2n) is 7.64. The van der Waals surface area contributed by atoms with Crippen molar-refractivity contribution in [2.75, 3.05) is 11.6 Å². The van der Waals surface area contributed by atoms with Crippen LogP contribution in [0.4, 0.5) is 15.9 Å². The minimum absolute atomic E-state index is 0.00649. The van der Waals surface area contributed by atoms with Crippen molar-refractivity contribution in [1.82, 2.24) is 14.7 Å². The summed E-state index contributed by atoms with van der Waals surface area (Å²) in [5.74, 6) is 0.748. The molecular weight excluding hydrogens is 443 g/mol. The summed E-state index contributed by atoms with van der Waals surface area (Å²) >= 11 is 5.87. The average Bonchev–Trinajstić information content (AvgIpc) is 2.72. The van der Waals surface area contributed by atoms with Crippen molar-refractivity contribution in [2.45, 2.75) is 37.8 Å². The Hall–Kier alpha value is -2.49. The van der Waals surface area contributed by atoms with Gasteiger partial charge in [-0.2, -0.15) is 0 Å². The van der Waals surface area contributed by atoms with Gasteiger partial charge in [-0.3, -0.25) is 0 Å². The predicted molar refractivity (Wildman–Crippen MR) is 119 cm³/mol. The number of hydrogen-bond acceptors (Lipinski definition) is 6. The molecule has 10 heteroatoms. The van der Waals surface area contributed by atoms with Gasteiger partial charge in [0.1, 0.15) is 23.7 Å². The number of ether oxygens (including phenoxy) is 1. The molecule has 0 atom stereocenters. The van der Waals surface area contributed by atoms with Crippen molar-refractivity contribution in [3.8, 4) is 5.75 Å². The predicted octanol–water partition coefficient (Wildman–Crippen LogP) is 4.41. The molecule has 0 spiro atoms. The van der Waals surface area contributed by atoms with Gasteiger partial charge in [0.25, 0.3) is 0 Å². The van der Waals surface area contributed by atoms with Gasteiger partial charge in [-0.15, -0.1) is 0 Å². The number of fused-ring (bicyclic) bond motifs is 1. The number of hydrogen-bond donors (Lipinski definition) is 2. The smallest absolute Gasteiger partial charge is 0.208 e. The van der Waals surface area contributed by atoms with E-state index < -0.39 is 15.8 Å². The third kappa shape index (κ3) is 5.61. The number of nitrogens with one attached hydrogen (secondary N) is 2. The van der Waals surface area contributed by atoms with Crippen LogP contribution in [0.15, 0.2) is 42.7 Å². The standard InChI is InChI=1S/C21H22ClFN4O3S/c1-31(28,29)27-13-2-5-15(6-3-13)30-16-7-9-20-17(11-16)21(25-12-24-20)26-14-4-8-19(23)18(22)10-14/h4,7-13,15,27H,2-3,5-6H2,1H3,(H,24,25,26)/t13-,15-. The molecule has 164 valence electrons. The van der Waals surface area contributed by atoms with Crippen molar-refractivity contribution in [2.24, 2.45) is 0 Å². The number of rotatable bonds is 6. The molecule has 0 amide bonds. The Labute approximate surface area is 185 Å². The van der Waals surface area contributed by atoms with E-state index in [4.69, 9.17) is 16.3 Å². The molecule has 7 nitrogen and oxygen atoms in total. The van der Waals surface area contributed by atoms with Crippen LogP contribution in [0.2, 0.25) is 5.02 Å². The summed E-state index contributed by atoms with van der Waals surface area (Å²) in [5.41, 5.74) is 1.34. The summed E-state index contributed by atoms with van der Waals surface area (Å²) < 4.78 is 45.1. The van der Waals surface area contributed by atoms with Crippen LogP contribution in [0, 0.1) is 5.82 Å². The van der Waals surface area contributed by atoms with E-state index in [0.29, 0.717) is 17.3 Å². The van der Waals surface area contributed by atoms with Gasteiger partial charge < -0.3 is 10.1 Å². The highest BCUT2D eigenvalue weighted by atomic mass is 35.5. The zero-order chi connectivity index (χ0) is 22.0. The summed E-state index contributed by atoms with van der Waals surface area (Å²) in [5, 5.41) is 3.93. The minimum Gasteiger partial charge on any atom is -0.490 e. The third-order valence-electron chi connectivity index (χ3n) is 5.15. The second-order valence-corrected chi connectivity index (χ2v) is 9.82. The molecule has 0 aliphatic heterocycles. The van der Waals surface area contributed by atoms with Crippen LogP contribution in [0.3, 0.4) is 0 Å². The van der Waals surface area contributed by atoms with E-state index in [-0.39, 0.29) is 17.2 Å². The van der Waals surface area contributed by atoms with Crippen LogP contribution in [-0.4, -0.2) is 36.8 Å². The van der Waals surface area contributed by atoms with Crippen molar-refractivity contribution in [1.29, 1.82) is 0 Å². The fourth-order valence-electron chi connectivity index (χ4n) is 3.71. The highest BCUT2D eigenvalue weighted by Gasteiger charge is 2.24. The molecule has 1 aromatic heterocycles. The number of anilines is 2. The summed E-state index contributed by atoms with van der Waals surface area (Å²) in [7, 11) is -3.20. The Bertz CT molecular complexity index is 1200. The molecular formula is C21H22ClFN4O3S. The molecule has 0 unspecified atom stereocenters. The molecule has 2 aromatic carbocycles. The van der Waals surface area contributed by atoms with E-state index in [9.17, 15) is 12.8 Å². The first kappa shape index (κ1) is 21.7. The Morgan fingerprint density at radius 1 is 1.10 bits per heavy atom. The lowest BCUT2D eigenvalue weighted by atomic mass is 9.93. The summed E-state index contributed by atoms with van der Waals surface area (Å²) in [6.45, 7) is 0. The molecule has 1 aliphatic rings. The zero-order valence-corrected chi connectivity index (χ0v) is 18.4. The Morgan fingerprint density at radius 2 is 1.87 bits per heavy atom. The van der Waals surface area contributed by atoms with Gasteiger partial charge >= 0.3 is 0 Å². The number of sulfonamides is 1. The van der Waals surface area contributed by atoms with Crippen LogP contribution in [-0.2, 0) is 10.0 Å². The molecule has 31 heavy (non-hydrogen) atoms. The first-order valence-corrected chi connectivity index (χ1v) is 12.1. The highest BCUT2D eigenvalue weighted by molar-refractivity contribution is 7.88. The monoisotopic (exact) mass is 464 g/mol. The van der Waals surface area contributed by atoms with Gasteiger partial charge in [-0.1, -0.05) is 11.6 Å². The summed E-state index contributed by atoms with van der Waals surface area (Å²) in [6.07, 6.45) is 5.61. The maximum Gasteiger partial charge on any atom is 0.208 e. The lowest BCUT2D eigenvalue weighted by Gasteiger charge is -2.29. The average molecular weight is 465 g/mol. The number of aromatic nitrogens is 2. The SMILES string of the molecule is CS(=O)(=O)N[C@H]1CC[C@H](Oc2ccc3ncnc(Nc4ccc(F)c(Cl)c4)c3c2)CC1. The van der Waals surface area contributed by atoms with Crippen LogP contribution in [0.25, 0.3) is 10.9 Å². The second kappa shape index (κ2) is 8.94. The zero-order valence-electron chi connectivity index (χ0n) is 16.8. The van der Waals surface area contributed by atoms with Crippen LogP contribution >= 0.6 is 11.6 Å². The van der Waals surface area contributed by atoms with E-state index >= 15 is 0 Å². The molecule has 3 aromatic rings. The minimum atomic E-state index is -3.20. The molecule has 1 aliphatic carbocycles. The lowest BCUT2D eigenvalue weighted by Crippen LogP contribution is -2.39. The molecule has 0 saturated heterocycles. The summed E-state index contributed by atoms with van der Waals surface area (Å²) in [6, 6.07) is 9.90. The summed E-state index contributed by atoms with van der Waals surface area (Å²) in [4.78, 5) is 8.60. The topological polar surface area (TPSA) is 93.2 Å². The third-order valence-corrected chi connectivity index (χ3v) is 6.20. The van der Waals surface area contributed by atoms with Gasteiger partial charge in [0.15, 0.2) is 0 Å². The van der Waals surface area contributed by atoms with Crippen molar-refractivity contribution in [3.05, 3.63) is 53.6 Å². The molecule has 1 fully saturated rings. The van der Waals surface area contributed by atoms with Gasteiger partial charge in [0, 0.05) is 17.1 Å². The first-order chi connectivity index (χ1) is 14.8. The van der Waals surface area contributed by atoms with Crippen LogP contribution in [0.5, 0.6) is 5.75 Å². The van der Waals surface area contributed by atoms with Crippen LogP contribution in [0.1, 0.15) is 25.7 Å². The molecule has 1 heterocycles. The number of halogens is 2. The first-order valence-electron chi connectivity index (χ1n) is 9.87. The molecule has 4 rings (SSSR count). The van der Waals surface area contributed by atoms with E-state index in [1.54, 1.807) is 6.07 Å². The number of benzene rings is 2. The Kier molecular flexibility index (Phi) is 6.27. The van der Waals surface area contributed by atoms with E-state index in [0.717, 1.165) is 36.6 Å². The van der Waals surface area contributed by atoms with Crippen molar-refractivity contribution < 1.29 is 17.5 Å². The molecule has 0 radical (unpaired) electrons. The largest absolute Gasteiger partial charge is 0.490 e. The van der Waals surface area contributed by atoms with Gasteiger partial charge in [0.2, 0.25) is 10.0 Å². The Morgan fingerprint density at radius 3 is 2.58 bits per heavy atom. The normalized spacial score (nSPS) is 19.3. The maximum atomic E-state index is 13.4. The van der Waals surface area contributed by atoms with Gasteiger partial charge in [0.05, 0.1) is 22.9 Å².